The molecule has 3 nitrogen and oxygen atoms in total. The third kappa shape index (κ3) is 7.16. The van der Waals surface area contributed by atoms with Crippen molar-refractivity contribution in [2.75, 3.05) is 38.5 Å². The zero-order valence-electron chi connectivity index (χ0n) is 12.5. The van der Waals surface area contributed by atoms with Gasteiger partial charge in [0.2, 0.25) is 0 Å². The van der Waals surface area contributed by atoms with Gasteiger partial charge >= 0.3 is 0 Å². The van der Waals surface area contributed by atoms with Crippen LogP contribution in [0.2, 0.25) is 0 Å². The fourth-order valence-electron chi connectivity index (χ4n) is 2.42. The lowest BCUT2D eigenvalue weighted by Crippen LogP contribution is -2.37. The summed E-state index contributed by atoms with van der Waals surface area (Å²) in [6.07, 6.45) is 3.90. The summed E-state index contributed by atoms with van der Waals surface area (Å²) in [5.41, 5.74) is 0. The Morgan fingerprint density at radius 3 is 2.57 bits per heavy atom. The smallest absolute Gasteiger partial charge is 0.166 e. The molecule has 0 saturated carbocycles. The topological polar surface area (TPSA) is 27.3 Å². The molecule has 116 valence electrons. The quantitative estimate of drug-likeness (QED) is 0.436. The molecule has 0 atom stereocenters. The second-order valence-corrected chi connectivity index (χ2v) is 6.82. The predicted molar refractivity (Wildman–Crippen MR) is 96.1 cm³/mol. The first-order chi connectivity index (χ1) is 10.3. The monoisotopic (exact) mass is 323 g/mol. The average molecular weight is 324 g/mol. The Bertz CT molecular complexity index is 405. The average Bonchev–Trinajstić information content (AvgIpc) is 3.02. The van der Waals surface area contributed by atoms with Crippen molar-refractivity contribution in [3.63, 3.8) is 0 Å². The molecule has 0 unspecified atom stereocenters. The van der Waals surface area contributed by atoms with Crippen LogP contribution >= 0.6 is 24.0 Å². The molecule has 21 heavy (non-hydrogen) atoms. The Hall–Kier alpha value is -0.780. The minimum atomic E-state index is 0.782. The van der Waals surface area contributed by atoms with Crippen LogP contribution in [0.3, 0.4) is 0 Å². The fraction of sp³-hybridized carbons (Fsp3) is 0.562. The van der Waals surface area contributed by atoms with Crippen LogP contribution in [-0.2, 0) is 0 Å². The van der Waals surface area contributed by atoms with Gasteiger partial charge in [-0.25, -0.2) is 0 Å². The van der Waals surface area contributed by atoms with Crippen LogP contribution in [0.25, 0.3) is 0 Å². The van der Waals surface area contributed by atoms with Crippen LogP contribution in [0.15, 0.2) is 35.2 Å². The lowest BCUT2D eigenvalue weighted by atomic mass is 10.4. The molecule has 1 heterocycles. The van der Waals surface area contributed by atoms with Crippen molar-refractivity contribution in [2.24, 2.45) is 0 Å². The van der Waals surface area contributed by atoms with E-state index < -0.39 is 0 Å². The van der Waals surface area contributed by atoms with E-state index in [-0.39, 0.29) is 0 Å². The summed E-state index contributed by atoms with van der Waals surface area (Å²) in [7, 11) is 0. The molecule has 1 aromatic rings. The van der Waals surface area contributed by atoms with E-state index >= 15 is 0 Å². The van der Waals surface area contributed by atoms with Crippen molar-refractivity contribution in [1.82, 2.24) is 15.5 Å². The van der Waals surface area contributed by atoms with Crippen molar-refractivity contribution in [3.05, 3.63) is 30.3 Å². The van der Waals surface area contributed by atoms with E-state index in [2.05, 4.69) is 39.8 Å². The summed E-state index contributed by atoms with van der Waals surface area (Å²) >= 11 is 7.14. The van der Waals surface area contributed by atoms with Gasteiger partial charge in [0.1, 0.15) is 0 Å². The number of rotatable bonds is 8. The van der Waals surface area contributed by atoms with Gasteiger partial charge in [0.05, 0.1) is 0 Å². The molecule has 2 N–H and O–H groups in total. The summed E-state index contributed by atoms with van der Waals surface area (Å²) < 4.78 is 0. The van der Waals surface area contributed by atoms with Crippen LogP contribution < -0.4 is 10.6 Å². The number of thiocarbonyl (C=S) groups is 1. The van der Waals surface area contributed by atoms with E-state index in [0.29, 0.717) is 0 Å². The summed E-state index contributed by atoms with van der Waals surface area (Å²) in [5, 5.41) is 7.34. The molecule has 1 fully saturated rings. The second kappa shape index (κ2) is 10.0. The first-order valence-electron chi connectivity index (χ1n) is 7.76. The Kier molecular flexibility index (Phi) is 7.92. The molecular formula is C16H25N3S2. The van der Waals surface area contributed by atoms with Gasteiger partial charge in [0.25, 0.3) is 0 Å². The van der Waals surface area contributed by atoms with E-state index in [9.17, 15) is 0 Å². The predicted octanol–water partition coefficient (Wildman–Crippen LogP) is 2.73. The maximum absolute atomic E-state index is 5.29. The highest BCUT2D eigenvalue weighted by Crippen LogP contribution is 2.15. The molecule has 2 rings (SSSR count). The number of nitrogens with zero attached hydrogens (tertiary/aromatic N) is 1. The van der Waals surface area contributed by atoms with Crippen LogP contribution in [0.4, 0.5) is 0 Å². The Balaban J connectivity index is 1.44. The first-order valence-corrected chi connectivity index (χ1v) is 9.16. The van der Waals surface area contributed by atoms with Gasteiger partial charge in [-0.1, -0.05) is 18.2 Å². The van der Waals surface area contributed by atoms with Gasteiger partial charge in [-0.3, -0.25) is 0 Å². The van der Waals surface area contributed by atoms with Gasteiger partial charge in [0, 0.05) is 23.7 Å². The summed E-state index contributed by atoms with van der Waals surface area (Å²) in [6, 6.07) is 10.5. The molecule has 0 radical (unpaired) electrons. The van der Waals surface area contributed by atoms with Gasteiger partial charge in [0.15, 0.2) is 5.11 Å². The lowest BCUT2D eigenvalue weighted by molar-refractivity contribution is 0.334. The lowest BCUT2D eigenvalue weighted by Gasteiger charge is -2.15. The molecule has 0 aliphatic carbocycles. The Labute approximate surface area is 137 Å². The molecule has 1 aliphatic heterocycles. The molecule has 0 bridgehead atoms. The molecule has 5 heteroatoms. The number of hydrogen-bond donors (Lipinski definition) is 2. The van der Waals surface area contributed by atoms with E-state index in [1.54, 1.807) is 0 Å². The maximum atomic E-state index is 5.29. The molecule has 0 spiro atoms. The van der Waals surface area contributed by atoms with Gasteiger partial charge in [-0.2, -0.15) is 0 Å². The standard InChI is InChI=1S/C16H25N3S2/c20-16(17-9-6-13-19-11-4-5-12-19)18-10-14-21-15-7-2-1-3-8-15/h1-3,7-8H,4-6,9-14H2,(H2,17,18,20). The summed E-state index contributed by atoms with van der Waals surface area (Å²) in [4.78, 5) is 3.85. The summed E-state index contributed by atoms with van der Waals surface area (Å²) in [5.74, 6) is 1.03. The van der Waals surface area contributed by atoms with E-state index in [4.69, 9.17) is 12.2 Å². The van der Waals surface area contributed by atoms with Gasteiger partial charge in [-0.15, -0.1) is 11.8 Å². The maximum Gasteiger partial charge on any atom is 0.166 e. The van der Waals surface area contributed by atoms with Crippen molar-refractivity contribution in [1.29, 1.82) is 0 Å². The number of likely N-dealkylation sites (tertiary alicyclic amines) is 1. The molecule has 1 aliphatic rings. The molecule has 0 amide bonds. The molecular weight excluding hydrogens is 298 g/mol. The zero-order chi connectivity index (χ0) is 14.8. The summed E-state index contributed by atoms with van der Waals surface area (Å²) in [6.45, 7) is 5.62. The molecule has 0 aromatic heterocycles. The normalized spacial score (nSPS) is 15.0. The van der Waals surface area contributed by atoms with Gasteiger partial charge in [-0.05, 0) is 63.2 Å². The van der Waals surface area contributed by atoms with Crippen LogP contribution in [-0.4, -0.2) is 48.5 Å². The highest BCUT2D eigenvalue weighted by atomic mass is 32.2. The van der Waals surface area contributed by atoms with Crippen LogP contribution in [0, 0.1) is 0 Å². The highest BCUT2D eigenvalue weighted by molar-refractivity contribution is 7.99. The number of thioether (sulfide) groups is 1. The Morgan fingerprint density at radius 2 is 1.81 bits per heavy atom. The Morgan fingerprint density at radius 1 is 1.10 bits per heavy atom. The second-order valence-electron chi connectivity index (χ2n) is 5.25. The first kappa shape index (κ1) is 16.6. The van der Waals surface area contributed by atoms with Crippen molar-refractivity contribution >= 4 is 29.1 Å². The molecule has 1 aromatic carbocycles. The van der Waals surface area contributed by atoms with E-state index in [1.165, 1.54) is 43.8 Å². The zero-order valence-corrected chi connectivity index (χ0v) is 14.1. The largest absolute Gasteiger partial charge is 0.363 e. The minimum absolute atomic E-state index is 0.782. The van der Waals surface area contributed by atoms with Crippen molar-refractivity contribution in [2.45, 2.75) is 24.2 Å². The SMILES string of the molecule is S=C(NCCCN1CCCC1)NCCSc1ccccc1. The number of hydrogen-bond acceptors (Lipinski definition) is 3. The van der Waals surface area contributed by atoms with Gasteiger partial charge < -0.3 is 15.5 Å². The number of nitrogens with one attached hydrogen (secondary N) is 2. The van der Waals surface area contributed by atoms with E-state index in [0.717, 1.165) is 24.0 Å². The van der Waals surface area contributed by atoms with E-state index in [1.807, 2.05) is 17.8 Å². The van der Waals surface area contributed by atoms with Crippen molar-refractivity contribution < 1.29 is 0 Å². The van der Waals surface area contributed by atoms with Crippen LogP contribution in [0.5, 0.6) is 0 Å². The third-order valence-corrected chi connectivity index (χ3v) is 4.84. The van der Waals surface area contributed by atoms with Crippen molar-refractivity contribution in [3.8, 4) is 0 Å². The minimum Gasteiger partial charge on any atom is -0.363 e. The van der Waals surface area contributed by atoms with Crippen LogP contribution in [0.1, 0.15) is 19.3 Å². The number of benzene rings is 1. The third-order valence-electron chi connectivity index (χ3n) is 3.53. The highest BCUT2D eigenvalue weighted by Gasteiger charge is 2.09. The fourth-order valence-corrected chi connectivity index (χ4v) is 3.42. The molecule has 1 saturated heterocycles.